The van der Waals surface area contributed by atoms with E-state index in [2.05, 4.69) is 5.32 Å². The lowest BCUT2D eigenvalue weighted by atomic mass is 9.99. The van der Waals surface area contributed by atoms with Gasteiger partial charge in [0.25, 0.3) is 0 Å². The standard InChI is InChI=1S/C12H23N3O8/c1-5(17)3-15(2)11(13)14-12(21)23-9-7(18)6(4-16)22-10(20)8(9)19/h5-10,16-20H,3-4H2,1-2H3,(H2,13,14,21)/p+1/t5?,6-,7-,8-,9+,10-/m1/s1. The van der Waals surface area contributed by atoms with E-state index in [4.69, 9.17) is 20.3 Å². The zero-order valence-corrected chi connectivity index (χ0v) is 12.9. The molecular weight excluding hydrogens is 314 g/mol. The van der Waals surface area contributed by atoms with E-state index in [-0.39, 0.29) is 12.5 Å². The number of rotatable bonds is 4. The first-order chi connectivity index (χ1) is 10.7. The summed E-state index contributed by atoms with van der Waals surface area (Å²) >= 11 is 0. The number of nitrogens with zero attached hydrogens (tertiary/aromatic N) is 1. The second-order valence-electron chi connectivity index (χ2n) is 5.34. The van der Waals surface area contributed by atoms with Gasteiger partial charge in [-0.15, -0.1) is 0 Å². The molecule has 0 aromatic rings. The van der Waals surface area contributed by atoms with Gasteiger partial charge in [-0.3, -0.25) is 10.3 Å². The van der Waals surface area contributed by atoms with Gasteiger partial charge in [-0.1, -0.05) is 0 Å². The molecule has 11 heteroatoms. The van der Waals surface area contributed by atoms with E-state index in [1.54, 1.807) is 0 Å². The van der Waals surface area contributed by atoms with E-state index in [9.17, 15) is 25.2 Å². The Bertz CT molecular complexity index is 444. The molecule has 134 valence electrons. The van der Waals surface area contributed by atoms with Crippen LogP contribution in [0, 0.1) is 0 Å². The maximum absolute atomic E-state index is 11.8. The molecule has 0 aliphatic carbocycles. The highest BCUT2D eigenvalue weighted by molar-refractivity contribution is 5.90. The van der Waals surface area contributed by atoms with Gasteiger partial charge in [-0.25, -0.2) is 4.79 Å². The number of guanidine groups is 1. The SMILES string of the molecule is CC(O)C[N+](C)=C(N)NC(=O)O[C@@H]1[C@@H](O)[C@H](O)O[C@H](CO)[C@H]1O. The molecule has 0 saturated carbocycles. The molecule has 1 aliphatic heterocycles. The third-order valence-corrected chi connectivity index (χ3v) is 3.26. The van der Waals surface area contributed by atoms with Crippen molar-refractivity contribution in [1.82, 2.24) is 5.32 Å². The van der Waals surface area contributed by atoms with Gasteiger partial charge < -0.3 is 35.0 Å². The summed E-state index contributed by atoms with van der Waals surface area (Å²) in [6.07, 6.45) is -9.48. The number of carbonyl (C=O) groups is 1. The number of carbonyl (C=O) groups excluding carboxylic acids is 1. The smallest absolute Gasteiger partial charge is 0.428 e. The number of hydrogen-bond donors (Lipinski definition) is 7. The largest absolute Gasteiger partial charge is 0.476 e. The fourth-order valence-electron chi connectivity index (χ4n) is 2.05. The average molecular weight is 338 g/mol. The number of hydrogen-bond acceptors (Lipinski definition) is 8. The summed E-state index contributed by atoms with van der Waals surface area (Å²) in [6, 6.07) is 0. The van der Waals surface area contributed by atoms with Gasteiger partial charge in [-0.05, 0) is 6.92 Å². The van der Waals surface area contributed by atoms with E-state index in [0.29, 0.717) is 0 Å². The summed E-state index contributed by atoms with van der Waals surface area (Å²) in [5.41, 5.74) is 5.60. The molecule has 1 rings (SSSR count). The van der Waals surface area contributed by atoms with Crippen LogP contribution in [0.15, 0.2) is 0 Å². The number of likely N-dealkylation sites (N-methyl/N-ethyl adjacent to an activating group) is 1. The van der Waals surface area contributed by atoms with Crippen LogP contribution in [-0.4, -0.2) is 99.2 Å². The Labute approximate surface area is 132 Å². The molecule has 11 nitrogen and oxygen atoms in total. The fourth-order valence-corrected chi connectivity index (χ4v) is 2.05. The Morgan fingerprint density at radius 3 is 2.52 bits per heavy atom. The third kappa shape index (κ3) is 5.27. The first-order valence-corrected chi connectivity index (χ1v) is 6.97. The van der Waals surface area contributed by atoms with Gasteiger partial charge in [0.2, 0.25) is 0 Å². The van der Waals surface area contributed by atoms with Crippen LogP contribution < -0.4 is 11.1 Å². The lowest BCUT2D eigenvalue weighted by molar-refractivity contribution is -0.508. The van der Waals surface area contributed by atoms with Crippen LogP contribution in [0.5, 0.6) is 0 Å². The van der Waals surface area contributed by atoms with Crippen LogP contribution in [0.25, 0.3) is 0 Å². The van der Waals surface area contributed by atoms with Crippen molar-refractivity contribution in [3.8, 4) is 0 Å². The lowest BCUT2D eigenvalue weighted by Gasteiger charge is -2.39. The molecule has 0 aromatic carbocycles. The second-order valence-corrected chi connectivity index (χ2v) is 5.34. The maximum atomic E-state index is 11.8. The maximum Gasteiger partial charge on any atom is 0.476 e. The van der Waals surface area contributed by atoms with E-state index >= 15 is 0 Å². The van der Waals surface area contributed by atoms with Crippen molar-refractivity contribution in [3.63, 3.8) is 0 Å². The van der Waals surface area contributed by atoms with Crippen LogP contribution in [0.2, 0.25) is 0 Å². The van der Waals surface area contributed by atoms with E-state index < -0.39 is 49.5 Å². The van der Waals surface area contributed by atoms with Gasteiger partial charge in [0.1, 0.15) is 18.3 Å². The number of nitrogens with two attached hydrogens (primary N) is 1. The molecule has 6 atom stereocenters. The summed E-state index contributed by atoms with van der Waals surface area (Å²) < 4.78 is 11.0. The van der Waals surface area contributed by atoms with Crippen LogP contribution >= 0.6 is 0 Å². The molecule has 1 heterocycles. The monoisotopic (exact) mass is 338 g/mol. The van der Waals surface area contributed by atoms with Crippen LogP contribution in [0.3, 0.4) is 0 Å². The molecule has 0 radical (unpaired) electrons. The van der Waals surface area contributed by atoms with Crippen molar-refractivity contribution in [2.75, 3.05) is 20.2 Å². The lowest BCUT2D eigenvalue weighted by Crippen LogP contribution is -2.60. The van der Waals surface area contributed by atoms with Gasteiger partial charge in [0, 0.05) is 0 Å². The molecule has 23 heavy (non-hydrogen) atoms. The first-order valence-electron chi connectivity index (χ1n) is 6.97. The summed E-state index contributed by atoms with van der Waals surface area (Å²) in [4.78, 5) is 11.8. The van der Waals surface area contributed by atoms with E-state index in [1.165, 1.54) is 18.5 Å². The minimum absolute atomic E-state index is 0.119. The number of nitrogens with one attached hydrogen (secondary N) is 1. The third-order valence-electron chi connectivity index (χ3n) is 3.26. The Morgan fingerprint density at radius 1 is 1.39 bits per heavy atom. The summed E-state index contributed by atoms with van der Waals surface area (Å²) in [5, 5.41) is 49.5. The number of alkyl carbamates (subject to hydrolysis) is 1. The molecule has 8 N–H and O–H groups in total. The van der Waals surface area contributed by atoms with Gasteiger partial charge in [-0.2, -0.15) is 5.32 Å². The molecule has 0 aromatic heterocycles. The highest BCUT2D eigenvalue weighted by Crippen LogP contribution is 2.22. The Morgan fingerprint density at radius 2 is 2.00 bits per heavy atom. The number of ether oxygens (including phenoxy) is 2. The number of aliphatic hydroxyl groups excluding tert-OH is 5. The molecule has 0 bridgehead atoms. The van der Waals surface area contributed by atoms with Gasteiger partial charge >= 0.3 is 12.1 Å². The summed E-state index contributed by atoms with van der Waals surface area (Å²) in [6.45, 7) is 1.05. The normalized spacial score (nSPS) is 33.6. The Balaban J connectivity index is 2.71. The number of amides is 1. The second kappa shape index (κ2) is 8.38. The van der Waals surface area contributed by atoms with Crippen molar-refractivity contribution in [2.24, 2.45) is 5.73 Å². The van der Waals surface area contributed by atoms with Crippen LogP contribution in [-0.2, 0) is 9.47 Å². The van der Waals surface area contributed by atoms with Crippen LogP contribution in [0.4, 0.5) is 4.79 Å². The Kier molecular flexibility index (Phi) is 7.12. The predicted octanol–water partition coefficient (Wildman–Crippen LogP) is -4.15. The summed E-state index contributed by atoms with van der Waals surface area (Å²) in [5.74, 6) is -0.119. The predicted molar refractivity (Wildman–Crippen MR) is 75.3 cm³/mol. The molecule has 1 saturated heterocycles. The molecule has 1 unspecified atom stereocenters. The van der Waals surface area contributed by atoms with Crippen LogP contribution in [0.1, 0.15) is 6.92 Å². The topological polar surface area (TPSA) is 178 Å². The average Bonchev–Trinajstić information content (AvgIpc) is 2.46. The van der Waals surface area contributed by atoms with Crippen molar-refractivity contribution in [3.05, 3.63) is 0 Å². The minimum atomic E-state index is -1.73. The quantitative estimate of drug-likeness (QED) is 0.152. The highest BCUT2D eigenvalue weighted by Gasteiger charge is 2.46. The summed E-state index contributed by atoms with van der Waals surface area (Å²) in [7, 11) is 1.52. The zero-order chi connectivity index (χ0) is 17.7. The molecule has 1 aliphatic rings. The minimum Gasteiger partial charge on any atom is -0.428 e. The van der Waals surface area contributed by atoms with Crippen molar-refractivity contribution >= 4 is 12.1 Å². The van der Waals surface area contributed by atoms with Crippen molar-refractivity contribution in [1.29, 1.82) is 0 Å². The molecule has 1 amide bonds. The first kappa shape index (κ1) is 19.5. The van der Waals surface area contributed by atoms with Crippen molar-refractivity contribution < 1.29 is 44.4 Å². The Hall–Kier alpha value is -1.50. The number of aliphatic hydroxyl groups is 5. The fraction of sp³-hybridized carbons (Fsp3) is 0.833. The zero-order valence-electron chi connectivity index (χ0n) is 12.9. The van der Waals surface area contributed by atoms with Gasteiger partial charge in [0.15, 0.2) is 12.4 Å². The van der Waals surface area contributed by atoms with E-state index in [1.807, 2.05) is 0 Å². The molecular formula is C12H24N3O8+. The van der Waals surface area contributed by atoms with E-state index in [0.717, 1.165) is 0 Å². The molecule has 1 fully saturated rings. The highest BCUT2D eigenvalue weighted by atomic mass is 16.7. The van der Waals surface area contributed by atoms with Crippen molar-refractivity contribution in [2.45, 2.75) is 43.7 Å². The van der Waals surface area contributed by atoms with Gasteiger partial charge in [0.05, 0.1) is 26.3 Å². The molecule has 0 spiro atoms.